The molecule has 2 unspecified atom stereocenters. The highest BCUT2D eigenvalue weighted by atomic mass is 16.5. The Kier molecular flexibility index (Phi) is 8.78. The summed E-state index contributed by atoms with van der Waals surface area (Å²) in [6.07, 6.45) is 12.2. The molecule has 50 heavy (non-hydrogen) atoms. The number of amides is 2. The lowest BCUT2D eigenvalue weighted by atomic mass is 9.61. The predicted molar refractivity (Wildman–Crippen MR) is 196 cm³/mol. The van der Waals surface area contributed by atoms with Crippen molar-refractivity contribution in [3.63, 3.8) is 0 Å². The van der Waals surface area contributed by atoms with Crippen molar-refractivity contribution < 1.29 is 19.1 Å². The summed E-state index contributed by atoms with van der Waals surface area (Å²) in [5.74, 6) is 1.38. The molecule has 8 rings (SSSR count). The third-order valence-corrected chi connectivity index (χ3v) is 13.7. The molecule has 2 aliphatic heterocycles. The van der Waals surface area contributed by atoms with E-state index in [1.54, 1.807) is 26.2 Å². The summed E-state index contributed by atoms with van der Waals surface area (Å²) in [5, 5.41) is 0. The van der Waals surface area contributed by atoms with E-state index in [1.807, 2.05) is 14.0 Å². The van der Waals surface area contributed by atoms with Gasteiger partial charge in [0.2, 0.25) is 0 Å². The molecule has 0 bridgehead atoms. The van der Waals surface area contributed by atoms with Crippen molar-refractivity contribution in [1.82, 2.24) is 9.80 Å². The van der Waals surface area contributed by atoms with Crippen molar-refractivity contribution >= 4 is 23.6 Å². The van der Waals surface area contributed by atoms with Gasteiger partial charge in [-0.3, -0.25) is 19.5 Å². The highest BCUT2D eigenvalue weighted by Gasteiger charge is 2.67. The number of ether oxygens (including phenoxy) is 2. The molecular formula is C41H55N5O4. The SMILES string of the molecule is CCc1ccc2c(c1)C1(N=C(C)N(C)C1=O)C1(CCC(OC)CC1)C2.CCc1ccc2c(c1)C1(N=C(N)N(C)C1=O)C1(CCC(OC)CC1)C2. The van der Waals surface area contributed by atoms with Crippen LogP contribution >= 0.6 is 0 Å². The van der Waals surface area contributed by atoms with Gasteiger partial charge >= 0.3 is 0 Å². The molecule has 2 N–H and O–H groups in total. The van der Waals surface area contributed by atoms with Crippen LogP contribution in [-0.2, 0) is 55.8 Å². The number of rotatable bonds is 4. The number of amidine groups is 1. The number of likely N-dealkylation sites (N-methyl/N-ethyl adjacent to an activating group) is 2. The molecule has 9 nitrogen and oxygen atoms in total. The van der Waals surface area contributed by atoms with Crippen LogP contribution in [0.5, 0.6) is 0 Å². The third-order valence-electron chi connectivity index (χ3n) is 13.7. The van der Waals surface area contributed by atoms with Crippen LogP contribution in [0.1, 0.15) is 106 Å². The Morgan fingerprint density at radius 2 is 1.14 bits per heavy atom. The fourth-order valence-corrected chi connectivity index (χ4v) is 10.5. The zero-order chi connectivity index (χ0) is 35.6. The van der Waals surface area contributed by atoms with Crippen molar-refractivity contribution in [2.24, 2.45) is 26.5 Å². The van der Waals surface area contributed by atoms with E-state index in [-0.39, 0.29) is 28.7 Å². The van der Waals surface area contributed by atoms with Crippen LogP contribution in [0.2, 0.25) is 0 Å². The first kappa shape index (κ1) is 34.9. The smallest absolute Gasteiger partial charge is 0.262 e. The highest BCUT2D eigenvalue weighted by molar-refractivity contribution is 6.09. The van der Waals surface area contributed by atoms with Crippen LogP contribution < -0.4 is 5.73 Å². The van der Waals surface area contributed by atoms with E-state index in [4.69, 9.17) is 25.2 Å². The van der Waals surface area contributed by atoms with Gasteiger partial charge in [-0.05, 0) is 117 Å². The van der Waals surface area contributed by atoms with E-state index in [1.165, 1.54) is 27.2 Å². The number of methoxy groups -OCH3 is 2. The number of carbonyl (C=O) groups is 2. The van der Waals surface area contributed by atoms with E-state index in [0.717, 1.165) is 94.0 Å². The van der Waals surface area contributed by atoms with Gasteiger partial charge in [0.05, 0.1) is 12.2 Å². The van der Waals surface area contributed by atoms with Crippen LogP contribution in [0.25, 0.3) is 0 Å². The minimum absolute atomic E-state index is 0.0351. The van der Waals surface area contributed by atoms with Gasteiger partial charge in [0.1, 0.15) is 5.84 Å². The first-order valence-corrected chi connectivity index (χ1v) is 18.7. The number of benzene rings is 2. The Labute approximate surface area is 297 Å². The number of aliphatic imine (C=N–C) groups is 2. The Bertz CT molecular complexity index is 1620. The number of hydrogen-bond donors (Lipinski definition) is 1. The first-order chi connectivity index (χ1) is 23.9. The minimum atomic E-state index is -0.842. The topological polar surface area (TPSA) is 110 Å². The second-order valence-electron chi connectivity index (χ2n) is 15.8. The molecule has 268 valence electrons. The van der Waals surface area contributed by atoms with Gasteiger partial charge in [-0.2, -0.15) is 0 Å². The van der Waals surface area contributed by atoms with E-state index >= 15 is 0 Å². The van der Waals surface area contributed by atoms with Crippen LogP contribution in [-0.4, -0.2) is 73.9 Å². The van der Waals surface area contributed by atoms with Crippen LogP contribution in [0.3, 0.4) is 0 Å². The standard InChI is InChI=1S/C21H28N2O2.C20H27N3O2/c1-5-15-6-7-16-13-20(10-8-17(25-4)9-11-20)21(18(16)12-15)19(24)23(3)14(2)22-21;1-4-13-5-6-14-12-19(9-7-15(25-3)8-10-19)20(16(14)11-13)17(24)23(2)18(21)22-20/h6-7,12,17H,5,8-11,13H2,1-4H3;5-6,11,15H,4,7-10,12H2,1-3H3,(H2,21,22). The van der Waals surface area contributed by atoms with Crippen molar-refractivity contribution in [2.45, 2.75) is 121 Å². The lowest BCUT2D eigenvalue weighted by molar-refractivity contribution is -0.138. The van der Waals surface area contributed by atoms with E-state index in [9.17, 15) is 9.59 Å². The fraction of sp³-hybridized carbons (Fsp3) is 0.610. The molecular weight excluding hydrogens is 626 g/mol. The Morgan fingerprint density at radius 3 is 1.48 bits per heavy atom. The van der Waals surface area contributed by atoms with Gasteiger partial charge < -0.3 is 20.1 Å². The van der Waals surface area contributed by atoms with Crippen molar-refractivity contribution in [3.05, 3.63) is 69.8 Å². The van der Waals surface area contributed by atoms with Crippen molar-refractivity contribution in [3.8, 4) is 0 Å². The second-order valence-corrected chi connectivity index (χ2v) is 15.8. The van der Waals surface area contributed by atoms with Crippen LogP contribution in [0, 0.1) is 10.8 Å². The maximum Gasteiger partial charge on any atom is 0.262 e. The number of guanidine groups is 1. The molecule has 2 aromatic carbocycles. The Hall–Kier alpha value is -3.56. The van der Waals surface area contributed by atoms with Crippen LogP contribution in [0.15, 0.2) is 46.4 Å². The minimum Gasteiger partial charge on any atom is -0.381 e. The number of aryl methyl sites for hydroxylation is 2. The fourth-order valence-electron chi connectivity index (χ4n) is 10.5. The molecule has 4 spiro atoms. The molecule has 9 heteroatoms. The summed E-state index contributed by atoms with van der Waals surface area (Å²) in [6.45, 7) is 6.27. The van der Waals surface area contributed by atoms with Crippen molar-refractivity contribution in [2.75, 3.05) is 28.3 Å². The molecule has 2 atom stereocenters. The molecule has 2 heterocycles. The summed E-state index contributed by atoms with van der Waals surface area (Å²) < 4.78 is 11.2. The van der Waals surface area contributed by atoms with Gasteiger partial charge in [0, 0.05) is 39.1 Å². The molecule has 4 aliphatic carbocycles. The molecule has 0 saturated heterocycles. The summed E-state index contributed by atoms with van der Waals surface area (Å²) >= 11 is 0. The molecule has 0 radical (unpaired) electrons. The van der Waals surface area contributed by atoms with E-state index in [2.05, 4.69) is 50.2 Å². The number of fused-ring (bicyclic) bond motifs is 6. The summed E-state index contributed by atoms with van der Waals surface area (Å²) in [6, 6.07) is 13.3. The van der Waals surface area contributed by atoms with Crippen molar-refractivity contribution in [1.29, 1.82) is 0 Å². The van der Waals surface area contributed by atoms with Gasteiger partial charge in [0.15, 0.2) is 17.0 Å². The molecule has 2 aromatic rings. The van der Waals surface area contributed by atoms with Crippen LogP contribution in [0.4, 0.5) is 0 Å². The lowest BCUT2D eigenvalue weighted by Crippen LogP contribution is -2.51. The summed E-state index contributed by atoms with van der Waals surface area (Å²) in [5.41, 5.74) is 11.6. The average molecular weight is 682 g/mol. The molecule has 2 fully saturated rings. The number of nitrogens with zero attached hydrogens (tertiary/aromatic N) is 4. The lowest BCUT2D eigenvalue weighted by Gasteiger charge is -2.45. The summed E-state index contributed by atoms with van der Waals surface area (Å²) in [4.78, 5) is 40.2. The van der Waals surface area contributed by atoms with E-state index < -0.39 is 11.1 Å². The Morgan fingerprint density at radius 1 is 0.720 bits per heavy atom. The molecule has 2 saturated carbocycles. The zero-order valence-electron chi connectivity index (χ0n) is 31.1. The van der Waals surface area contributed by atoms with Gasteiger partial charge in [-0.1, -0.05) is 50.2 Å². The summed E-state index contributed by atoms with van der Waals surface area (Å²) in [7, 11) is 7.18. The van der Waals surface area contributed by atoms with Gasteiger partial charge in [-0.25, -0.2) is 4.99 Å². The molecule has 0 aromatic heterocycles. The van der Waals surface area contributed by atoms with E-state index in [0.29, 0.717) is 12.1 Å². The number of nitrogens with two attached hydrogens (primary N) is 1. The van der Waals surface area contributed by atoms with Gasteiger partial charge in [-0.15, -0.1) is 0 Å². The third kappa shape index (κ3) is 4.78. The predicted octanol–water partition coefficient (Wildman–Crippen LogP) is 5.83. The molecule has 6 aliphatic rings. The monoisotopic (exact) mass is 681 g/mol. The van der Waals surface area contributed by atoms with Gasteiger partial charge in [0.25, 0.3) is 11.8 Å². The first-order valence-electron chi connectivity index (χ1n) is 18.7. The largest absolute Gasteiger partial charge is 0.381 e. The maximum absolute atomic E-state index is 13.5. The Balaban J connectivity index is 0.000000157. The number of carbonyl (C=O) groups excluding carboxylic acids is 2. The second kappa shape index (κ2) is 12.6. The number of hydrogen-bond acceptors (Lipinski definition) is 7. The normalized spacial score (nSPS) is 34.1. The highest BCUT2D eigenvalue weighted by Crippen LogP contribution is 2.63. The molecule has 2 amide bonds. The zero-order valence-corrected chi connectivity index (χ0v) is 31.1. The maximum atomic E-state index is 13.5. The average Bonchev–Trinajstić information content (AvgIpc) is 3.74. The quantitative estimate of drug-likeness (QED) is 0.437.